The average molecular weight is 437 g/mol. The zero-order valence-corrected chi connectivity index (χ0v) is 18.7. The number of nitrogens with zero attached hydrogens (tertiary/aromatic N) is 4. The number of carbonyl (C=O) groups excluding carboxylic acids is 2. The van der Waals surface area contributed by atoms with Gasteiger partial charge in [-0.1, -0.05) is 29.8 Å². The molecule has 6 nitrogen and oxygen atoms in total. The van der Waals surface area contributed by atoms with Crippen LogP contribution < -0.4 is 4.90 Å². The van der Waals surface area contributed by atoms with Gasteiger partial charge in [-0.2, -0.15) is 5.26 Å². The predicted molar refractivity (Wildman–Crippen MR) is 127 cm³/mol. The summed E-state index contributed by atoms with van der Waals surface area (Å²) in [6, 6.07) is 20.1. The minimum absolute atomic E-state index is 0.350. The van der Waals surface area contributed by atoms with Crippen LogP contribution in [0.15, 0.2) is 78.8 Å². The van der Waals surface area contributed by atoms with Gasteiger partial charge in [-0.05, 0) is 67.8 Å². The number of carbonyl (C=O) groups is 2. The molecule has 2 aromatic carbocycles. The summed E-state index contributed by atoms with van der Waals surface area (Å²) in [5.41, 5.74) is 4.64. The van der Waals surface area contributed by atoms with E-state index in [1.807, 2.05) is 55.1 Å². The maximum atomic E-state index is 13.7. The van der Waals surface area contributed by atoms with Crippen molar-refractivity contribution in [1.82, 2.24) is 9.88 Å². The molecule has 0 unspecified atom stereocenters. The number of pyridine rings is 1. The zero-order chi connectivity index (χ0) is 23.4. The van der Waals surface area contributed by atoms with Gasteiger partial charge in [0.05, 0.1) is 22.9 Å². The predicted octanol–water partition coefficient (Wildman–Crippen LogP) is 4.11. The molecule has 0 spiro atoms. The summed E-state index contributed by atoms with van der Waals surface area (Å²) in [7, 11) is 0. The first-order valence-electron chi connectivity index (χ1n) is 10.9. The Bertz CT molecular complexity index is 1240. The van der Waals surface area contributed by atoms with Crippen LogP contribution in [0, 0.1) is 18.3 Å². The smallest absolute Gasteiger partial charge is 0.282 e. The standard InChI is InChI=1S/C27H24N4O2/c1-3-30(17-14-20-12-15-29-16-13-20)25-24(22-8-4-19(2)5-9-22)26(32)31(27(25)33)23-10-6-21(18-28)7-11-23/h4-13,15-16H,3,14,17H2,1-2H3. The number of hydrogen-bond donors (Lipinski definition) is 0. The van der Waals surface area contributed by atoms with E-state index in [4.69, 9.17) is 5.26 Å². The highest BCUT2D eigenvalue weighted by Gasteiger charge is 2.42. The highest BCUT2D eigenvalue weighted by atomic mass is 16.2. The Kier molecular flexibility index (Phi) is 6.32. The average Bonchev–Trinajstić information content (AvgIpc) is 3.11. The fraction of sp³-hybridized carbons (Fsp3) is 0.185. The van der Waals surface area contributed by atoms with Crippen molar-refractivity contribution in [3.8, 4) is 6.07 Å². The van der Waals surface area contributed by atoms with Gasteiger partial charge in [0.2, 0.25) is 0 Å². The second-order valence-electron chi connectivity index (χ2n) is 7.88. The molecule has 0 aliphatic carbocycles. The van der Waals surface area contributed by atoms with Gasteiger partial charge in [0.25, 0.3) is 11.8 Å². The van der Waals surface area contributed by atoms with Gasteiger partial charge in [-0.3, -0.25) is 14.6 Å². The van der Waals surface area contributed by atoms with Crippen molar-refractivity contribution in [3.05, 3.63) is 101 Å². The summed E-state index contributed by atoms with van der Waals surface area (Å²) in [6.45, 7) is 5.13. The van der Waals surface area contributed by atoms with E-state index in [0.717, 1.165) is 17.5 Å². The zero-order valence-electron chi connectivity index (χ0n) is 18.7. The van der Waals surface area contributed by atoms with Gasteiger partial charge >= 0.3 is 0 Å². The Labute approximate surface area is 193 Å². The molecular formula is C27H24N4O2. The van der Waals surface area contributed by atoms with Gasteiger partial charge in [-0.15, -0.1) is 0 Å². The molecule has 0 fully saturated rings. The number of aryl methyl sites for hydroxylation is 1. The molecule has 164 valence electrons. The molecule has 0 N–H and O–H groups in total. The Morgan fingerprint density at radius 2 is 1.61 bits per heavy atom. The van der Waals surface area contributed by atoms with E-state index in [-0.39, 0.29) is 11.8 Å². The number of hydrogen-bond acceptors (Lipinski definition) is 5. The lowest BCUT2D eigenvalue weighted by Gasteiger charge is -2.25. The Balaban J connectivity index is 1.75. The van der Waals surface area contributed by atoms with Gasteiger partial charge in [-0.25, -0.2) is 4.90 Å². The number of likely N-dealkylation sites (N-methyl/N-ethyl adjacent to an activating group) is 1. The van der Waals surface area contributed by atoms with Crippen molar-refractivity contribution in [2.45, 2.75) is 20.3 Å². The van der Waals surface area contributed by atoms with Crippen molar-refractivity contribution in [1.29, 1.82) is 5.26 Å². The lowest BCUT2D eigenvalue weighted by atomic mass is 10.0. The van der Waals surface area contributed by atoms with Crippen molar-refractivity contribution in [2.24, 2.45) is 0 Å². The Hall–Kier alpha value is -4.24. The third-order valence-electron chi connectivity index (χ3n) is 5.77. The third kappa shape index (κ3) is 4.39. The van der Waals surface area contributed by atoms with E-state index in [0.29, 0.717) is 41.2 Å². The Morgan fingerprint density at radius 1 is 0.939 bits per heavy atom. The van der Waals surface area contributed by atoms with Gasteiger partial charge in [0, 0.05) is 25.5 Å². The van der Waals surface area contributed by atoms with Crippen molar-refractivity contribution >= 4 is 23.1 Å². The minimum Gasteiger partial charge on any atom is -0.366 e. The molecule has 2 amide bonds. The largest absolute Gasteiger partial charge is 0.366 e. The summed E-state index contributed by atoms with van der Waals surface area (Å²) in [4.78, 5) is 34.5. The van der Waals surface area contributed by atoms with Gasteiger partial charge < -0.3 is 4.90 Å². The van der Waals surface area contributed by atoms with Crippen LogP contribution in [0.2, 0.25) is 0 Å². The summed E-state index contributed by atoms with van der Waals surface area (Å²) in [6.07, 6.45) is 4.22. The van der Waals surface area contributed by atoms with E-state index in [1.165, 1.54) is 4.90 Å². The van der Waals surface area contributed by atoms with Crippen molar-refractivity contribution < 1.29 is 9.59 Å². The molecular weight excluding hydrogens is 412 g/mol. The fourth-order valence-corrected chi connectivity index (χ4v) is 3.95. The molecule has 2 heterocycles. The monoisotopic (exact) mass is 436 g/mol. The number of benzene rings is 2. The first-order chi connectivity index (χ1) is 16.0. The molecule has 4 rings (SSSR count). The van der Waals surface area contributed by atoms with E-state index >= 15 is 0 Å². The molecule has 0 bridgehead atoms. The Morgan fingerprint density at radius 3 is 2.21 bits per heavy atom. The van der Waals surface area contributed by atoms with Crippen LogP contribution in [0.1, 0.15) is 29.2 Å². The minimum atomic E-state index is -0.356. The number of imide groups is 1. The quantitative estimate of drug-likeness (QED) is 0.521. The second-order valence-corrected chi connectivity index (χ2v) is 7.88. The lowest BCUT2D eigenvalue weighted by Crippen LogP contribution is -2.36. The highest BCUT2D eigenvalue weighted by Crippen LogP contribution is 2.35. The SMILES string of the molecule is CCN(CCc1ccncc1)C1=C(c2ccc(C)cc2)C(=O)N(c2ccc(C#N)cc2)C1=O. The van der Waals surface area contributed by atoms with E-state index in [9.17, 15) is 9.59 Å². The molecule has 1 aliphatic heterocycles. The molecule has 0 atom stereocenters. The van der Waals surface area contributed by atoms with Crippen LogP contribution in [0.4, 0.5) is 5.69 Å². The second kappa shape index (κ2) is 9.49. The summed E-state index contributed by atoms with van der Waals surface area (Å²) in [5.74, 6) is -0.706. The topological polar surface area (TPSA) is 77.3 Å². The number of rotatable bonds is 7. The van der Waals surface area contributed by atoms with Crippen molar-refractivity contribution in [2.75, 3.05) is 18.0 Å². The van der Waals surface area contributed by atoms with Crippen LogP contribution in [0.3, 0.4) is 0 Å². The molecule has 0 saturated heterocycles. The van der Waals surface area contributed by atoms with Crippen LogP contribution >= 0.6 is 0 Å². The molecule has 3 aromatic rings. The number of amides is 2. The van der Waals surface area contributed by atoms with Crippen LogP contribution in [-0.4, -0.2) is 34.8 Å². The highest BCUT2D eigenvalue weighted by molar-refractivity contribution is 6.45. The summed E-state index contributed by atoms with van der Waals surface area (Å²) in [5, 5.41) is 9.09. The molecule has 33 heavy (non-hydrogen) atoms. The van der Waals surface area contributed by atoms with Gasteiger partial charge in [0.15, 0.2) is 0 Å². The van der Waals surface area contributed by atoms with Crippen molar-refractivity contribution in [3.63, 3.8) is 0 Å². The lowest BCUT2D eigenvalue weighted by molar-refractivity contribution is -0.120. The first kappa shape index (κ1) is 22.0. The van der Waals surface area contributed by atoms with Crippen LogP contribution in [-0.2, 0) is 16.0 Å². The summed E-state index contributed by atoms with van der Waals surface area (Å²) < 4.78 is 0. The van der Waals surface area contributed by atoms with E-state index in [2.05, 4.69) is 11.1 Å². The normalized spacial score (nSPS) is 13.4. The van der Waals surface area contributed by atoms with E-state index < -0.39 is 0 Å². The molecule has 1 aliphatic rings. The van der Waals surface area contributed by atoms with Crippen LogP contribution in [0.5, 0.6) is 0 Å². The van der Waals surface area contributed by atoms with E-state index in [1.54, 1.807) is 36.7 Å². The van der Waals surface area contributed by atoms with Crippen LogP contribution in [0.25, 0.3) is 5.57 Å². The third-order valence-corrected chi connectivity index (χ3v) is 5.77. The number of aromatic nitrogens is 1. The molecule has 1 aromatic heterocycles. The molecule has 0 radical (unpaired) electrons. The maximum absolute atomic E-state index is 13.7. The number of nitriles is 1. The number of anilines is 1. The molecule has 0 saturated carbocycles. The van der Waals surface area contributed by atoms with Gasteiger partial charge in [0.1, 0.15) is 5.70 Å². The molecule has 6 heteroatoms. The maximum Gasteiger partial charge on any atom is 0.282 e. The summed E-state index contributed by atoms with van der Waals surface area (Å²) >= 11 is 0. The fourth-order valence-electron chi connectivity index (χ4n) is 3.95. The first-order valence-corrected chi connectivity index (χ1v) is 10.9.